The van der Waals surface area contributed by atoms with Crippen LogP contribution in [0, 0.1) is 11.8 Å². The van der Waals surface area contributed by atoms with Gasteiger partial charge in [0.1, 0.15) is 12.3 Å². The topological polar surface area (TPSA) is 125 Å². The Balaban J connectivity index is 1.44. The van der Waals surface area contributed by atoms with E-state index >= 15 is 0 Å². The Bertz CT molecular complexity index is 1780. The number of hydrogen-bond acceptors (Lipinski definition) is 7. The molecule has 10 nitrogen and oxygen atoms in total. The zero-order chi connectivity index (χ0) is 36.1. The maximum absolute atomic E-state index is 13.5. The Hall–Kier alpha value is -2.90. The van der Waals surface area contributed by atoms with E-state index in [1.54, 1.807) is 18.2 Å². The predicted octanol–water partition coefficient (Wildman–Crippen LogP) is 6.55. The molecular formula is C37H50ClN3O7SSi. The zero-order valence-corrected chi connectivity index (χ0v) is 32.3. The monoisotopic (exact) mass is 743 g/mol. The van der Waals surface area contributed by atoms with Gasteiger partial charge in [-0.1, -0.05) is 50.6 Å². The number of fused-ring (bicyclic) bond motifs is 4. The average Bonchev–Trinajstić information content (AvgIpc) is 3.16. The minimum Gasteiger partial charge on any atom is -0.490 e. The lowest BCUT2D eigenvalue weighted by Crippen LogP contribution is -2.52. The van der Waals surface area contributed by atoms with Crippen molar-refractivity contribution in [3.8, 4) is 5.75 Å². The van der Waals surface area contributed by atoms with Crippen LogP contribution in [-0.2, 0) is 31.3 Å². The number of anilines is 1. The van der Waals surface area contributed by atoms with Crippen molar-refractivity contribution in [2.75, 3.05) is 37.7 Å². The van der Waals surface area contributed by atoms with Crippen LogP contribution < -0.4 is 14.4 Å². The summed E-state index contributed by atoms with van der Waals surface area (Å²) < 4.78 is 43.5. The van der Waals surface area contributed by atoms with Gasteiger partial charge in [-0.15, -0.1) is 0 Å². The van der Waals surface area contributed by atoms with Crippen LogP contribution in [0.2, 0.25) is 23.2 Å². The van der Waals surface area contributed by atoms with E-state index < -0.39 is 36.9 Å². The second kappa shape index (κ2) is 13.9. The van der Waals surface area contributed by atoms with Crippen molar-refractivity contribution in [3.63, 3.8) is 0 Å². The molecule has 2 N–H and O–H groups in total. The normalized spacial score (nSPS) is 27.9. The Kier molecular flexibility index (Phi) is 10.3. The Morgan fingerprint density at radius 2 is 1.96 bits per heavy atom. The van der Waals surface area contributed by atoms with Gasteiger partial charge < -0.3 is 19.2 Å². The summed E-state index contributed by atoms with van der Waals surface area (Å²) in [6.45, 7) is 12.1. The second-order valence-electron chi connectivity index (χ2n) is 16.0. The molecule has 1 fully saturated rings. The zero-order valence-electron chi connectivity index (χ0n) is 29.7. The standard InChI is InChI=1S/C37H50ClN3O7SSi/c1-36(2,3)50(4,5)48-32-10-6-7-18-41(22-34(42)43)49(45,46)39-35(44)26-12-16-33-31(20-26)40(21-27-11-14-29(27)32)23-37(24-47-33)17-8-9-25-19-28(38)13-15-30(25)37/h6,10,12-13,15-16,19-20,27,29,32H,7-9,11,14,17-18,21-24H2,1-5H3,(H,39,44)(H,42,43)/b10-6+/t27-,29+,32-,37-/m0/s1. The maximum atomic E-state index is 13.5. The van der Waals surface area contributed by atoms with Gasteiger partial charge in [0.2, 0.25) is 0 Å². The van der Waals surface area contributed by atoms with E-state index in [1.807, 2.05) is 12.1 Å². The molecule has 4 aliphatic rings. The molecular weight excluding hydrogens is 694 g/mol. The van der Waals surface area contributed by atoms with Crippen LogP contribution in [0.25, 0.3) is 0 Å². The third-order valence-electron chi connectivity index (χ3n) is 11.6. The first-order chi connectivity index (χ1) is 23.5. The fraction of sp³-hybridized carbons (Fsp3) is 0.568. The van der Waals surface area contributed by atoms with Crippen LogP contribution in [0.1, 0.15) is 74.4 Å². The van der Waals surface area contributed by atoms with Crippen LogP contribution in [0.5, 0.6) is 5.75 Å². The lowest BCUT2D eigenvalue weighted by molar-refractivity contribution is -0.137. The van der Waals surface area contributed by atoms with E-state index in [2.05, 4.69) is 61.7 Å². The van der Waals surface area contributed by atoms with Crippen molar-refractivity contribution >= 4 is 47.7 Å². The van der Waals surface area contributed by atoms with Gasteiger partial charge in [-0.3, -0.25) is 9.59 Å². The summed E-state index contributed by atoms with van der Waals surface area (Å²) in [7, 11) is -6.68. The quantitative estimate of drug-likeness (QED) is 0.267. The first kappa shape index (κ1) is 36.9. The fourth-order valence-electron chi connectivity index (χ4n) is 7.70. The lowest BCUT2D eigenvalue weighted by Gasteiger charge is -2.48. The summed E-state index contributed by atoms with van der Waals surface area (Å²) in [4.78, 5) is 27.6. The summed E-state index contributed by atoms with van der Waals surface area (Å²) >= 11 is 6.45. The van der Waals surface area contributed by atoms with Crippen molar-refractivity contribution in [1.29, 1.82) is 0 Å². The van der Waals surface area contributed by atoms with Gasteiger partial charge in [0.05, 0.1) is 18.4 Å². The van der Waals surface area contributed by atoms with E-state index in [1.165, 1.54) is 11.1 Å². The number of nitrogens with one attached hydrogen (secondary N) is 1. The first-order valence-electron chi connectivity index (χ1n) is 17.7. The molecule has 1 saturated carbocycles. The molecule has 2 aliphatic heterocycles. The number of aliphatic carboxylic acids is 1. The number of benzene rings is 2. The molecule has 2 heterocycles. The highest BCUT2D eigenvalue weighted by Gasteiger charge is 2.47. The van der Waals surface area contributed by atoms with Gasteiger partial charge >= 0.3 is 16.2 Å². The van der Waals surface area contributed by atoms with Gasteiger partial charge in [-0.25, -0.2) is 4.72 Å². The molecule has 0 radical (unpaired) electrons. The highest BCUT2D eigenvalue weighted by Crippen LogP contribution is 2.48. The third kappa shape index (κ3) is 7.50. The molecule has 6 rings (SSSR count). The Morgan fingerprint density at radius 3 is 2.66 bits per heavy atom. The number of ether oxygens (including phenoxy) is 1. The number of carbonyl (C=O) groups excluding carboxylic acids is 1. The molecule has 2 aromatic carbocycles. The van der Waals surface area contributed by atoms with Crippen molar-refractivity contribution in [2.24, 2.45) is 11.8 Å². The Morgan fingerprint density at radius 1 is 1.18 bits per heavy atom. The molecule has 4 atom stereocenters. The van der Waals surface area contributed by atoms with Crippen LogP contribution >= 0.6 is 11.6 Å². The van der Waals surface area contributed by atoms with Crippen molar-refractivity contribution in [2.45, 2.75) is 88.9 Å². The van der Waals surface area contributed by atoms with E-state index in [4.69, 9.17) is 20.8 Å². The number of nitrogens with zero attached hydrogens (tertiary/aromatic N) is 2. The molecule has 0 saturated heterocycles. The van der Waals surface area contributed by atoms with Crippen LogP contribution in [0.4, 0.5) is 5.69 Å². The van der Waals surface area contributed by atoms with Crippen molar-refractivity contribution in [1.82, 2.24) is 9.03 Å². The number of aryl methyl sites for hydroxylation is 1. The number of rotatable bonds is 4. The molecule has 2 aliphatic carbocycles. The van der Waals surface area contributed by atoms with Crippen molar-refractivity contribution in [3.05, 3.63) is 70.3 Å². The number of carbonyl (C=O) groups is 2. The highest BCUT2D eigenvalue weighted by molar-refractivity contribution is 7.87. The summed E-state index contributed by atoms with van der Waals surface area (Å²) in [5.74, 6) is -0.955. The smallest absolute Gasteiger partial charge is 0.318 e. The van der Waals surface area contributed by atoms with Gasteiger partial charge in [-0.2, -0.15) is 12.7 Å². The molecule has 1 spiro atoms. The SMILES string of the molecule is CC(C)(C)[Si](C)(C)O[C@H]1/C=C/CCN(CC(=O)O)S(=O)(=O)NC(=O)c2ccc3c(c2)N(C[C@@H]2CC[C@H]21)C[C@@]1(CCCc2cc(Cl)ccc21)CO3. The molecule has 50 heavy (non-hydrogen) atoms. The predicted molar refractivity (Wildman–Crippen MR) is 198 cm³/mol. The lowest BCUT2D eigenvalue weighted by atomic mass is 9.68. The number of carboxylic acid groups (broad SMARTS) is 1. The summed E-state index contributed by atoms with van der Waals surface area (Å²) in [6, 6.07) is 11.2. The fourth-order valence-corrected chi connectivity index (χ4v) is 10.3. The number of hydrogen-bond donors (Lipinski definition) is 2. The minimum atomic E-state index is -4.48. The highest BCUT2D eigenvalue weighted by atomic mass is 35.5. The Labute approximate surface area is 302 Å². The second-order valence-corrected chi connectivity index (χ2v) is 22.9. The van der Waals surface area contributed by atoms with Gasteiger partial charge in [0.25, 0.3) is 5.91 Å². The largest absolute Gasteiger partial charge is 0.490 e. The summed E-state index contributed by atoms with van der Waals surface area (Å²) in [5.41, 5.74) is 3.06. The molecule has 272 valence electrons. The number of halogens is 1. The maximum Gasteiger partial charge on any atom is 0.318 e. The minimum absolute atomic E-state index is 0.0129. The van der Waals surface area contributed by atoms with Crippen LogP contribution in [-0.4, -0.2) is 76.9 Å². The molecule has 2 bridgehead atoms. The average molecular weight is 744 g/mol. The van der Waals surface area contributed by atoms with Gasteiger partial charge in [-0.05, 0) is 110 Å². The molecule has 0 unspecified atom stereocenters. The van der Waals surface area contributed by atoms with E-state index in [9.17, 15) is 23.1 Å². The molecule has 1 amide bonds. The van der Waals surface area contributed by atoms with Gasteiger partial charge in [0.15, 0.2) is 8.32 Å². The van der Waals surface area contributed by atoms with Crippen molar-refractivity contribution < 1.29 is 32.3 Å². The third-order valence-corrected chi connectivity index (χ3v) is 17.8. The number of amides is 1. The van der Waals surface area contributed by atoms with E-state index in [0.29, 0.717) is 29.8 Å². The summed E-state index contributed by atoms with van der Waals surface area (Å²) in [6.07, 6.45) is 8.98. The molecule has 13 heteroatoms. The number of carboxylic acids is 1. The molecule has 0 aromatic heterocycles. The van der Waals surface area contributed by atoms with Gasteiger partial charge in [0, 0.05) is 35.6 Å². The van der Waals surface area contributed by atoms with E-state index in [0.717, 1.165) is 48.6 Å². The van der Waals surface area contributed by atoms with Crippen LogP contribution in [0.3, 0.4) is 0 Å². The summed E-state index contributed by atoms with van der Waals surface area (Å²) in [5, 5.41) is 10.3. The molecule has 2 aromatic rings. The van der Waals surface area contributed by atoms with E-state index in [-0.39, 0.29) is 41.0 Å². The van der Waals surface area contributed by atoms with Crippen LogP contribution in [0.15, 0.2) is 48.6 Å². The first-order valence-corrected chi connectivity index (χ1v) is 22.4.